The van der Waals surface area contributed by atoms with Crippen molar-refractivity contribution in [1.29, 1.82) is 0 Å². The third kappa shape index (κ3) is 9.77. The normalized spacial score (nSPS) is 10.7. The molecule has 2 aromatic heterocycles. The molecule has 7 rings (SSSR count). The fraction of sp³-hybridized carbons (Fsp3) is 0.149. The van der Waals surface area contributed by atoms with Gasteiger partial charge >= 0.3 is 11.9 Å². The second kappa shape index (κ2) is 19.0. The average Bonchev–Trinajstić information content (AvgIpc) is 3.81. The van der Waals surface area contributed by atoms with Gasteiger partial charge in [0.05, 0.1) is 35.7 Å². The summed E-state index contributed by atoms with van der Waals surface area (Å²) in [5.74, 6) is 0.141. The number of aromatic nitrogens is 2. The molecule has 5 aromatic carbocycles. The van der Waals surface area contributed by atoms with Crippen molar-refractivity contribution in [2.75, 3.05) is 13.2 Å². The Kier molecular flexibility index (Phi) is 13.7. The quantitative estimate of drug-likeness (QED) is 0.131. The highest BCUT2D eigenvalue weighted by atomic mass is 35.5. The van der Waals surface area contributed by atoms with Crippen LogP contribution in [0.2, 0.25) is 15.1 Å². The summed E-state index contributed by atoms with van der Waals surface area (Å²) in [4.78, 5) is 24.3. The number of rotatable bonds is 11. The fourth-order valence-electron chi connectivity index (χ4n) is 6.44. The zero-order valence-electron chi connectivity index (χ0n) is 32.3. The number of phenolic OH excluding ortho intramolecular Hbond substituents is 1. The van der Waals surface area contributed by atoms with E-state index in [-0.39, 0.29) is 17.7 Å². The van der Waals surface area contributed by atoms with Gasteiger partial charge in [-0.3, -0.25) is 0 Å². The summed E-state index contributed by atoms with van der Waals surface area (Å²) in [6.45, 7) is 8.59. The summed E-state index contributed by atoms with van der Waals surface area (Å²) in [6, 6.07) is 40.5. The van der Waals surface area contributed by atoms with Crippen LogP contribution in [0, 0.1) is 13.8 Å². The second-order valence-corrected chi connectivity index (χ2v) is 14.5. The first-order valence-electron chi connectivity index (χ1n) is 18.5. The summed E-state index contributed by atoms with van der Waals surface area (Å²) >= 11 is 18.4. The third-order valence-corrected chi connectivity index (χ3v) is 9.86. The Bertz CT molecular complexity index is 2560. The van der Waals surface area contributed by atoms with E-state index in [0.29, 0.717) is 57.3 Å². The summed E-state index contributed by atoms with van der Waals surface area (Å²) in [6.07, 6.45) is 0. The van der Waals surface area contributed by atoms with Crippen LogP contribution >= 0.6 is 34.8 Å². The van der Waals surface area contributed by atoms with Gasteiger partial charge in [-0.2, -0.15) is 0 Å². The van der Waals surface area contributed by atoms with Gasteiger partial charge in [0.1, 0.15) is 18.1 Å². The Hall–Kier alpha value is -5.93. The SMILES string of the molecule is CCOC(=O)c1cccc(-n2c(C)ccc2-c2cc(Cl)ccc2O)c1.CCOC(=O)c1cccc(-n2c(C)ccc2-c2cc(Cl)ccc2OCc2ccc(Cl)cc2)c1. The van der Waals surface area contributed by atoms with Gasteiger partial charge in [0.15, 0.2) is 0 Å². The lowest BCUT2D eigenvalue weighted by Crippen LogP contribution is -2.07. The number of hydrogen-bond donors (Lipinski definition) is 1. The summed E-state index contributed by atoms with van der Waals surface area (Å²) in [5, 5.41) is 12.1. The molecule has 8 nitrogen and oxygen atoms in total. The van der Waals surface area contributed by atoms with Gasteiger partial charge < -0.3 is 28.5 Å². The Balaban J connectivity index is 0.000000203. The molecule has 0 saturated carbocycles. The molecule has 0 amide bonds. The van der Waals surface area contributed by atoms with Crippen LogP contribution in [-0.4, -0.2) is 39.4 Å². The molecular formula is C47H41Cl3N2O6. The standard InChI is InChI=1S/C27H23Cl2NO3.C20H18ClNO3/c1-3-32-27(31)20-5-4-6-23(15-20)30-18(2)7-13-25(30)24-16-22(29)12-14-26(24)33-17-19-8-10-21(28)11-9-19;1-3-25-20(24)14-5-4-6-16(11-14)22-13(2)7-9-18(22)17-12-15(21)8-10-19(17)23/h4-16H,3,17H2,1-2H3;4-12,23H,3H2,1-2H3. The molecule has 296 valence electrons. The largest absolute Gasteiger partial charge is 0.507 e. The molecule has 0 aliphatic carbocycles. The molecule has 58 heavy (non-hydrogen) atoms. The number of esters is 2. The molecule has 0 atom stereocenters. The first kappa shape index (κ1) is 41.7. The first-order chi connectivity index (χ1) is 28.0. The van der Waals surface area contributed by atoms with Crippen LogP contribution in [0.25, 0.3) is 33.9 Å². The van der Waals surface area contributed by atoms with Crippen LogP contribution < -0.4 is 4.74 Å². The number of aromatic hydroxyl groups is 1. The molecule has 1 N–H and O–H groups in total. The molecule has 0 saturated heterocycles. The molecule has 0 bridgehead atoms. The highest BCUT2D eigenvalue weighted by Gasteiger charge is 2.18. The van der Waals surface area contributed by atoms with Crippen LogP contribution in [0.1, 0.15) is 51.5 Å². The van der Waals surface area contributed by atoms with Crippen molar-refractivity contribution in [3.8, 4) is 45.4 Å². The number of hydrogen-bond acceptors (Lipinski definition) is 6. The van der Waals surface area contributed by atoms with Gasteiger partial charge in [0.2, 0.25) is 0 Å². The Morgan fingerprint density at radius 3 is 1.59 bits per heavy atom. The number of carbonyl (C=O) groups excluding carboxylic acids is 2. The van der Waals surface area contributed by atoms with E-state index in [1.165, 1.54) is 0 Å². The second-order valence-electron chi connectivity index (χ2n) is 13.1. The number of benzene rings is 5. The minimum absolute atomic E-state index is 0.144. The zero-order valence-corrected chi connectivity index (χ0v) is 34.6. The van der Waals surface area contributed by atoms with E-state index in [1.54, 1.807) is 50.2 Å². The predicted octanol–water partition coefficient (Wildman–Crippen LogP) is 12.5. The van der Waals surface area contributed by atoms with E-state index in [9.17, 15) is 14.7 Å². The van der Waals surface area contributed by atoms with Crippen molar-refractivity contribution >= 4 is 46.7 Å². The number of nitrogens with zero attached hydrogens (tertiary/aromatic N) is 2. The topological polar surface area (TPSA) is 91.9 Å². The van der Waals surface area contributed by atoms with Crippen LogP contribution in [0.15, 0.2) is 133 Å². The Labute approximate surface area is 352 Å². The van der Waals surface area contributed by atoms with Crippen molar-refractivity contribution in [2.45, 2.75) is 34.3 Å². The highest BCUT2D eigenvalue weighted by molar-refractivity contribution is 6.31. The lowest BCUT2D eigenvalue weighted by atomic mass is 10.1. The minimum atomic E-state index is -0.360. The first-order valence-corrected chi connectivity index (χ1v) is 19.7. The van der Waals surface area contributed by atoms with Gasteiger partial charge in [-0.15, -0.1) is 0 Å². The maximum Gasteiger partial charge on any atom is 0.338 e. The number of halogens is 3. The third-order valence-electron chi connectivity index (χ3n) is 9.14. The van der Waals surface area contributed by atoms with E-state index in [1.807, 2.05) is 115 Å². The van der Waals surface area contributed by atoms with Crippen LogP contribution in [-0.2, 0) is 16.1 Å². The van der Waals surface area contributed by atoms with Crippen molar-refractivity contribution in [2.24, 2.45) is 0 Å². The molecule has 0 aliphatic rings. The molecule has 11 heteroatoms. The van der Waals surface area contributed by atoms with Gasteiger partial charge in [0.25, 0.3) is 0 Å². The number of aryl methyl sites for hydroxylation is 2. The molecule has 0 aliphatic heterocycles. The molecule has 0 unspecified atom stereocenters. The predicted molar refractivity (Wildman–Crippen MR) is 231 cm³/mol. The zero-order chi connectivity index (χ0) is 41.3. The van der Waals surface area contributed by atoms with E-state index in [4.69, 9.17) is 49.0 Å². The molecule has 0 radical (unpaired) electrons. The Morgan fingerprint density at radius 1 is 0.569 bits per heavy atom. The van der Waals surface area contributed by atoms with E-state index in [0.717, 1.165) is 45.3 Å². The van der Waals surface area contributed by atoms with Crippen LogP contribution in [0.5, 0.6) is 11.5 Å². The average molecular weight is 836 g/mol. The minimum Gasteiger partial charge on any atom is -0.507 e. The van der Waals surface area contributed by atoms with Crippen LogP contribution in [0.3, 0.4) is 0 Å². The van der Waals surface area contributed by atoms with Crippen molar-refractivity contribution < 1.29 is 28.9 Å². The molecule has 2 heterocycles. The van der Waals surface area contributed by atoms with Gasteiger partial charge in [-0.05, 0) is 142 Å². The lowest BCUT2D eigenvalue weighted by Gasteiger charge is -2.17. The fourth-order valence-corrected chi connectivity index (χ4v) is 6.91. The molecule has 0 spiro atoms. The molecular weight excluding hydrogens is 795 g/mol. The van der Waals surface area contributed by atoms with Crippen molar-refractivity contribution in [3.63, 3.8) is 0 Å². The van der Waals surface area contributed by atoms with Crippen molar-refractivity contribution in [3.05, 3.63) is 177 Å². The maximum absolute atomic E-state index is 12.3. The molecule has 0 fully saturated rings. The number of carbonyl (C=O) groups is 2. The van der Waals surface area contributed by atoms with E-state index in [2.05, 4.69) is 4.57 Å². The highest BCUT2D eigenvalue weighted by Crippen LogP contribution is 2.37. The van der Waals surface area contributed by atoms with Gasteiger partial charge in [0, 0.05) is 49.0 Å². The van der Waals surface area contributed by atoms with Gasteiger partial charge in [-0.25, -0.2) is 9.59 Å². The summed E-state index contributed by atoms with van der Waals surface area (Å²) in [7, 11) is 0. The maximum atomic E-state index is 12.3. The number of phenols is 1. The number of ether oxygens (including phenoxy) is 3. The monoisotopic (exact) mass is 834 g/mol. The van der Waals surface area contributed by atoms with Crippen molar-refractivity contribution in [1.82, 2.24) is 9.13 Å². The Morgan fingerprint density at radius 2 is 1.05 bits per heavy atom. The lowest BCUT2D eigenvalue weighted by molar-refractivity contribution is 0.0516. The summed E-state index contributed by atoms with van der Waals surface area (Å²) in [5.41, 5.74) is 8.80. The van der Waals surface area contributed by atoms with E-state index >= 15 is 0 Å². The molecule has 7 aromatic rings. The van der Waals surface area contributed by atoms with Crippen LogP contribution in [0.4, 0.5) is 0 Å². The van der Waals surface area contributed by atoms with E-state index < -0.39 is 0 Å². The smallest absolute Gasteiger partial charge is 0.338 e. The summed E-state index contributed by atoms with van der Waals surface area (Å²) < 4.78 is 20.5. The van der Waals surface area contributed by atoms with Gasteiger partial charge in [-0.1, -0.05) is 59.1 Å².